The van der Waals surface area contributed by atoms with Crippen LogP contribution in [0.5, 0.6) is 0 Å². The Morgan fingerprint density at radius 2 is 2.00 bits per heavy atom. The van der Waals surface area contributed by atoms with Gasteiger partial charge >= 0.3 is 0 Å². The molecular formula is C20H23ClN4. The van der Waals surface area contributed by atoms with Gasteiger partial charge in [-0.25, -0.2) is 9.97 Å². The number of rotatable bonds is 5. The monoisotopic (exact) mass is 354 g/mol. The summed E-state index contributed by atoms with van der Waals surface area (Å²) in [5.41, 5.74) is 3.28. The van der Waals surface area contributed by atoms with E-state index in [2.05, 4.69) is 49.8 Å². The van der Waals surface area contributed by atoms with Gasteiger partial charge in [-0.15, -0.1) is 11.6 Å². The average molecular weight is 355 g/mol. The summed E-state index contributed by atoms with van der Waals surface area (Å²) in [6.45, 7) is 4.27. The molecule has 0 spiro atoms. The lowest BCUT2D eigenvalue weighted by molar-refractivity contribution is 0.156. The molecular weight excluding hydrogens is 332 g/mol. The number of alkyl halides is 1. The smallest absolute Gasteiger partial charge is 0.160 e. The second kappa shape index (κ2) is 7.54. The van der Waals surface area contributed by atoms with E-state index in [1.807, 2.05) is 18.3 Å². The van der Waals surface area contributed by atoms with Gasteiger partial charge < -0.3 is 4.57 Å². The Labute approximate surface area is 153 Å². The molecule has 3 heterocycles. The van der Waals surface area contributed by atoms with E-state index in [1.54, 1.807) is 0 Å². The molecule has 3 aromatic rings. The highest BCUT2D eigenvalue weighted by molar-refractivity contribution is 6.16. The number of benzene rings is 1. The van der Waals surface area contributed by atoms with Crippen molar-refractivity contribution >= 4 is 22.8 Å². The molecule has 4 nitrogen and oxygen atoms in total. The van der Waals surface area contributed by atoms with Crippen LogP contribution in [0.2, 0.25) is 0 Å². The maximum absolute atomic E-state index is 6.14. The summed E-state index contributed by atoms with van der Waals surface area (Å²) < 4.78 is 2.22. The van der Waals surface area contributed by atoms with E-state index in [4.69, 9.17) is 11.6 Å². The van der Waals surface area contributed by atoms with Crippen LogP contribution in [0.4, 0.5) is 0 Å². The molecule has 1 fully saturated rings. The third-order valence-corrected chi connectivity index (χ3v) is 5.23. The number of likely N-dealkylation sites (tertiary alicyclic amines) is 1. The summed E-state index contributed by atoms with van der Waals surface area (Å²) in [6, 6.07) is 14.7. The lowest BCUT2D eigenvalue weighted by Crippen LogP contribution is -2.36. The third kappa shape index (κ3) is 3.70. The van der Waals surface area contributed by atoms with Crippen LogP contribution >= 0.6 is 11.6 Å². The van der Waals surface area contributed by atoms with Gasteiger partial charge in [0.15, 0.2) is 5.65 Å². The highest BCUT2D eigenvalue weighted by atomic mass is 35.5. The van der Waals surface area contributed by atoms with E-state index >= 15 is 0 Å². The molecule has 1 aliphatic heterocycles. The third-order valence-electron chi connectivity index (χ3n) is 5.00. The Kier molecular flexibility index (Phi) is 4.99. The summed E-state index contributed by atoms with van der Waals surface area (Å²) in [6.07, 6.45) is 4.33. The predicted molar refractivity (Wildman–Crippen MR) is 102 cm³/mol. The van der Waals surface area contributed by atoms with Gasteiger partial charge in [0.2, 0.25) is 0 Å². The van der Waals surface area contributed by atoms with Gasteiger partial charge in [0.1, 0.15) is 11.3 Å². The van der Waals surface area contributed by atoms with Gasteiger partial charge in [0.05, 0.1) is 5.88 Å². The minimum Gasteiger partial charge on any atom is -0.311 e. The Morgan fingerprint density at radius 3 is 2.84 bits per heavy atom. The fraction of sp³-hybridized carbons (Fsp3) is 0.400. The Bertz CT molecular complexity index is 830. The van der Waals surface area contributed by atoms with Crippen molar-refractivity contribution in [2.24, 2.45) is 5.92 Å². The first-order chi connectivity index (χ1) is 12.3. The molecule has 0 bridgehead atoms. The summed E-state index contributed by atoms with van der Waals surface area (Å²) in [5.74, 6) is 1.96. The van der Waals surface area contributed by atoms with Gasteiger partial charge in [-0.1, -0.05) is 30.3 Å². The zero-order chi connectivity index (χ0) is 17.1. The Morgan fingerprint density at radius 1 is 1.12 bits per heavy atom. The van der Waals surface area contributed by atoms with Crippen LogP contribution in [0, 0.1) is 5.92 Å². The second-order valence-corrected chi connectivity index (χ2v) is 7.11. The standard InChI is InChI=1S/C20H23ClN4/c21-12-19-23-18-9-4-10-22-20(18)25(19)15-17-8-5-11-24(14-17)13-16-6-2-1-3-7-16/h1-4,6-7,9-10,17H,5,8,11-15H2/t17-/m1/s1. The van der Waals surface area contributed by atoms with E-state index < -0.39 is 0 Å². The fourth-order valence-electron chi connectivity index (χ4n) is 3.84. The van der Waals surface area contributed by atoms with Crippen molar-refractivity contribution in [1.82, 2.24) is 19.4 Å². The van der Waals surface area contributed by atoms with Crippen molar-refractivity contribution in [3.05, 3.63) is 60.0 Å². The molecule has 1 aliphatic rings. The average Bonchev–Trinajstić information content (AvgIpc) is 3.01. The number of halogens is 1. The normalized spacial score (nSPS) is 18.7. The molecule has 0 saturated carbocycles. The van der Waals surface area contributed by atoms with Crippen LogP contribution in [0.1, 0.15) is 24.2 Å². The highest BCUT2D eigenvalue weighted by Gasteiger charge is 2.22. The van der Waals surface area contributed by atoms with Gasteiger partial charge in [-0.05, 0) is 43.0 Å². The lowest BCUT2D eigenvalue weighted by Gasteiger charge is -2.33. The molecule has 0 radical (unpaired) electrons. The minimum atomic E-state index is 0.427. The topological polar surface area (TPSA) is 34.0 Å². The number of hydrogen-bond acceptors (Lipinski definition) is 3. The van der Waals surface area contributed by atoms with Crippen LogP contribution in [-0.2, 0) is 19.0 Å². The molecule has 0 aliphatic carbocycles. The van der Waals surface area contributed by atoms with Crippen molar-refractivity contribution in [2.75, 3.05) is 13.1 Å². The number of fused-ring (bicyclic) bond motifs is 1. The van der Waals surface area contributed by atoms with Crippen LogP contribution in [0.3, 0.4) is 0 Å². The van der Waals surface area contributed by atoms with Crippen molar-refractivity contribution in [3.8, 4) is 0 Å². The van der Waals surface area contributed by atoms with Crippen LogP contribution < -0.4 is 0 Å². The van der Waals surface area contributed by atoms with Crippen molar-refractivity contribution in [2.45, 2.75) is 31.8 Å². The second-order valence-electron chi connectivity index (χ2n) is 6.85. The molecule has 4 rings (SSSR count). The largest absolute Gasteiger partial charge is 0.311 e. The number of aromatic nitrogens is 3. The molecule has 0 unspecified atom stereocenters. The molecule has 0 N–H and O–H groups in total. The van der Waals surface area contributed by atoms with Crippen LogP contribution in [0.15, 0.2) is 48.7 Å². The molecule has 25 heavy (non-hydrogen) atoms. The molecule has 1 aromatic carbocycles. The molecule has 130 valence electrons. The van der Waals surface area contributed by atoms with E-state index in [9.17, 15) is 0 Å². The first-order valence-corrected chi connectivity index (χ1v) is 9.49. The van der Waals surface area contributed by atoms with Gasteiger partial charge in [0.25, 0.3) is 0 Å². The zero-order valence-electron chi connectivity index (χ0n) is 14.3. The SMILES string of the molecule is ClCc1nc2cccnc2n1C[C@@H]1CCCN(Cc2ccccc2)C1. The zero-order valence-corrected chi connectivity index (χ0v) is 15.1. The van der Waals surface area contributed by atoms with E-state index in [1.165, 1.54) is 24.9 Å². The fourth-order valence-corrected chi connectivity index (χ4v) is 4.05. The van der Waals surface area contributed by atoms with Gasteiger partial charge in [-0.3, -0.25) is 4.90 Å². The number of hydrogen-bond donors (Lipinski definition) is 0. The number of piperidine rings is 1. The molecule has 1 saturated heterocycles. The van der Waals surface area contributed by atoms with Gasteiger partial charge in [-0.2, -0.15) is 0 Å². The van der Waals surface area contributed by atoms with Crippen molar-refractivity contribution in [1.29, 1.82) is 0 Å². The summed E-state index contributed by atoms with van der Waals surface area (Å²) in [7, 11) is 0. The Hall–Kier alpha value is -1.91. The summed E-state index contributed by atoms with van der Waals surface area (Å²) in [4.78, 5) is 11.7. The minimum absolute atomic E-state index is 0.427. The van der Waals surface area contributed by atoms with E-state index in [0.29, 0.717) is 11.8 Å². The van der Waals surface area contributed by atoms with Crippen molar-refractivity contribution < 1.29 is 0 Å². The maximum Gasteiger partial charge on any atom is 0.160 e. The predicted octanol–water partition coefficient (Wildman–Crippen LogP) is 4.08. The number of imidazole rings is 1. The lowest BCUT2D eigenvalue weighted by atomic mass is 9.97. The van der Waals surface area contributed by atoms with Crippen LogP contribution in [0.25, 0.3) is 11.2 Å². The van der Waals surface area contributed by atoms with Crippen LogP contribution in [-0.4, -0.2) is 32.5 Å². The molecule has 1 atom stereocenters. The summed E-state index contributed by atoms with van der Waals surface area (Å²) >= 11 is 6.14. The first kappa shape index (κ1) is 16.6. The Balaban J connectivity index is 1.49. The van der Waals surface area contributed by atoms with Gasteiger partial charge in [0, 0.05) is 25.8 Å². The van der Waals surface area contributed by atoms with E-state index in [-0.39, 0.29) is 0 Å². The van der Waals surface area contributed by atoms with E-state index in [0.717, 1.165) is 36.6 Å². The first-order valence-electron chi connectivity index (χ1n) is 8.96. The summed E-state index contributed by atoms with van der Waals surface area (Å²) in [5, 5.41) is 0. The molecule has 5 heteroatoms. The number of nitrogens with zero attached hydrogens (tertiary/aromatic N) is 4. The maximum atomic E-state index is 6.14. The quantitative estimate of drug-likeness (QED) is 0.647. The van der Waals surface area contributed by atoms with Crippen molar-refractivity contribution in [3.63, 3.8) is 0 Å². The molecule has 2 aromatic heterocycles. The highest BCUT2D eigenvalue weighted by Crippen LogP contribution is 2.23. The molecule has 0 amide bonds. The number of pyridine rings is 1.